The van der Waals surface area contributed by atoms with Gasteiger partial charge in [-0.15, -0.1) is 0 Å². The molecule has 0 amide bonds. The van der Waals surface area contributed by atoms with Gasteiger partial charge in [0.1, 0.15) is 5.54 Å². The fraction of sp³-hybridized carbons (Fsp3) is 0.917. The molecule has 6 heteroatoms. The van der Waals surface area contributed by atoms with Crippen molar-refractivity contribution in [1.29, 1.82) is 0 Å². The maximum Gasteiger partial charge on any atom is 0.327 e. The van der Waals surface area contributed by atoms with Crippen LogP contribution in [0.4, 0.5) is 0 Å². The maximum absolute atomic E-state index is 12.1. The molecule has 1 aliphatic heterocycles. The first-order valence-corrected chi connectivity index (χ1v) is 8.32. The van der Waals surface area contributed by atoms with Gasteiger partial charge in [-0.3, -0.25) is 10.1 Å². The third kappa shape index (κ3) is 3.68. The molecule has 5 nitrogen and oxygen atoms in total. The van der Waals surface area contributed by atoms with E-state index in [0.717, 1.165) is 6.42 Å². The number of nitrogens with one attached hydrogen (secondary N) is 1. The lowest BCUT2D eigenvalue weighted by Crippen LogP contribution is -2.62. The number of esters is 1. The lowest BCUT2D eigenvalue weighted by molar-refractivity contribution is -0.151. The van der Waals surface area contributed by atoms with Crippen LogP contribution in [0.15, 0.2) is 0 Å². The summed E-state index contributed by atoms with van der Waals surface area (Å²) in [5.74, 6) is -0.423. The standard InChI is InChI=1S/C12H23NO4S/c1-4-10(3)13-12(11(14)17-5-2)7-6-8-18(15,16)9-12/h10,13H,4-9H2,1-3H3. The Kier molecular flexibility index (Phi) is 5.16. The molecule has 2 atom stereocenters. The third-order valence-electron chi connectivity index (χ3n) is 3.33. The molecule has 1 heterocycles. The molecule has 0 saturated carbocycles. The molecule has 1 fully saturated rings. The summed E-state index contributed by atoms with van der Waals surface area (Å²) in [6.07, 6.45) is 1.86. The number of hydrogen-bond donors (Lipinski definition) is 1. The summed E-state index contributed by atoms with van der Waals surface area (Å²) in [5, 5.41) is 3.17. The second-order valence-electron chi connectivity index (χ2n) is 4.95. The summed E-state index contributed by atoms with van der Waals surface area (Å²) >= 11 is 0. The predicted molar refractivity (Wildman–Crippen MR) is 70.1 cm³/mol. The molecule has 1 saturated heterocycles. The van der Waals surface area contributed by atoms with Gasteiger partial charge in [-0.1, -0.05) is 6.92 Å². The zero-order valence-corrected chi connectivity index (χ0v) is 12.2. The van der Waals surface area contributed by atoms with E-state index < -0.39 is 21.3 Å². The fourth-order valence-electron chi connectivity index (χ4n) is 2.29. The van der Waals surface area contributed by atoms with E-state index in [1.807, 2.05) is 13.8 Å². The van der Waals surface area contributed by atoms with Gasteiger partial charge in [0.2, 0.25) is 0 Å². The highest BCUT2D eigenvalue weighted by molar-refractivity contribution is 7.91. The molecule has 1 N–H and O–H groups in total. The van der Waals surface area contributed by atoms with Gasteiger partial charge in [0, 0.05) is 6.04 Å². The van der Waals surface area contributed by atoms with Crippen molar-refractivity contribution in [2.75, 3.05) is 18.1 Å². The zero-order valence-electron chi connectivity index (χ0n) is 11.4. The highest BCUT2D eigenvalue weighted by atomic mass is 32.2. The molecular weight excluding hydrogens is 254 g/mol. The Morgan fingerprint density at radius 3 is 2.61 bits per heavy atom. The highest BCUT2D eigenvalue weighted by Crippen LogP contribution is 2.25. The summed E-state index contributed by atoms with van der Waals surface area (Å²) in [4.78, 5) is 12.1. The molecule has 0 spiro atoms. The fourth-order valence-corrected chi connectivity index (χ4v) is 4.12. The molecule has 0 aromatic rings. The molecule has 1 rings (SSSR count). The number of sulfone groups is 1. The average Bonchev–Trinajstić information content (AvgIpc) is 2.27. The van der Waals surface area contributed by atoms with E-state index in [0.29, 0.717) is 12.8 Å². The first-order chi connectivity index (χ1) is 8.35. The Morgan fingerprint density at radius 2 is 2.11 bits per heavy atom. The smallest absolute Gasteiger partial charge is 0.327 e. The van der Waals surface area contributed by atoms with Crippen LogP contribution in [0.25, 0.3) is 0 Å². The van der Waals surface area contributed by atoms with E-state index in [1.54, 1.807) is 6.92 Å². The van der Waals surface area contributed by atoms with E-state index in [9.17, 15) is 13.2 Å². The molecule has 0 aliphatic carbocycles. The van der Waals surface area contributed by atoms with Crippen LogP contribution in [-0.4, -0.2) is 44.1 Å². The van der Waals surface area contributed by atoms with Gasteiger partial charge in [-0.2, -0.15) is 0 Å². The number of ether oxygens (including phenoxy) is 1. The lowest BCUT2D eigenvalue weighted by atomic mass is 9.94. The van der Waals surface area contributed by atoms with Crippen molar-refractivity contribution >= 4 is 15.8 Å². The van der Waals surface area contributed by atoms with Crippen molar-refractivity contribution in [3.8, 4) is 0 Å². The first kappa shape index (κ1) is 15.4. The molecule has 2 unspecified atom stereocenters. The van der Waals surface area contributed by atoms with E-state index in [2.05, 4.69) is 5.32 Å². The van der Waals surface area contributed by atoms with Crippen LogP contribution in [-0.2, 0) is 19.4 Å². The summed E-state index contributed by atoms with van der Waals surface area (Å²) in [6, 6.07) is 0.0858. The minimum atomic E-state index is -3.17. The molecular formula is C12H23NO4S. The SMILES string of the molecule is CCOC(=O)C1(NC(C)CC)CCCS(=O)(=O)C1. The van der Waals surface area contributed by atoms with Crippen LogP contribution >= 0.6 is 0 Å². The second-order valence-corrected chi connectivity index (χ2v) is 7.14. The van der Waals surface area contributed by atoms with Crippen molar-refractivity contribution in [3.05, 3.63) is 0 Å². The second kappa shape index (κ2) is 6.02. The number of carbonyl (C=O) groups excluding carboxylic acids is 1. The zero-order chi connectivity index (χ0) is 13.8. The van der Waals surface area contributed by atoms with E-state index in [-0.39, 0.29) is 24.2 Å². The Bertz CT molecular complexity index is 393. The number of rotatable bonds is 5. The van der Waals surface area contributed by atoms with Gasteiger partial charge < -0.3 is 4.74 Å². The van der Waals surface area contributed by atoms with Crippen molar-refractivity contribution in [2.45, 2.75) is 51.6 Å². The summed E-state index contributed by atoms with van der Waals surface area (Å²) < 4.78 is 28.7. The van der Waals surface area contributed by atoms with Crippen LogP contribution in [0.3, 0.4) is 0 Å². The number of hydrogen-bond acceptors (Lipinski definition) is 5. The molecule has 1 aliphatic rings. The largest absolute Gasteiger partial charge is 0.465 e. The average molecular weight is 277 g/mol. The van der Waals surface area contributed by atoms with Gasteiger partial charge in [0.05, 0.1) is 18.1 Å². The first-order valence-electron chi connectivity index (χ1n) is 6.50. The van der Waals surface area contributed by atoms with Crippen LogP contribution < -0.4 is 5.32 Å². The summed E-state index contributed by atoms with van der Waals surface area (Å²) in [5.41, 5.74) is -1.05. The normalized spacial score (nSPS) is 28.6. The van der Waals surface area contributed by atoms with E-state index in [4.69, 9.17) is 4.74 Å². The summed E-state index contributed by atoms with van der Waals surface area (Å²) in [7, 11) is -3.17. The maximum atomic E-state index is 12.1. The van der Waals surface area contributed by atoms with Crippen molar-refractivity contribution in [3.63, 3.8) is 0 Å². The Balaban J connectivity index is 2.96. The van der Waals surface area contributed by atoms with Crippen LogP contribution in [0, 0.1) is 0 Å². The molecule has 0 radical (unpaired) electrons. The molecule has 0 aromatic carbocycles. The van der Waals surface area contributed by atoms with Crippen LogP contribution in [0.1, 0.15) is 40.0 Å². The third-order valence-corrected chi connectivity index (χ3v) is 5.17. The van der Waals surface area contributed by atoms with Crippen LogP contribution in [0.5, 0.6) is 0 Å². The quantitative estimate of drug-likeness (QED) is 0.755. The monoisotopic (exact) mass is 277 g/mol. The molecule has 0 bridgehead atoms. The minimum Gasteiger partial charge on any atom is -0.465 e. The Morgan fingerprint density at radius 1 is 1.44 bits per heavy atom. The minimum absolute atomic E-state index is 0.0858. The van der Waals surface area contributed by atoms with Crippen molar-refractivity contribution in [1.82, 2.24) is 5.32 Å². The Hall–Kier alpha value is -0.620. The van der Waals surface area contributed by atoms with Crippen LogP contribution in [0.2, 0.25) is 0 Å². The van der Waals surface area contributed by atoms with Gasteiger partial charge in [0.15, 0.2) is 9.84 Å². The summed E-state index contributed by atoms with van der Waals surface area (Å²) in [6.45, 7) is 5.94. The molecule has 18 heavy (non-hydrogen) atoms. The lowest BCUT2D eigenvalue weighted by Gasteiger charge is -2.37. The molecule has 0 aromatic heterocycles. The van der Waals surface area contributed by atoms with Crippen molar-refractivity contribution in [2.24, 2.45) is 0 Å². The number of carbonyl (C=O) groups is 1. The topological polar surface area (TPSA) is 72.5 Å². The van der Waals surface area contributed by atoms with Gasteiger partial charge in [-0.05, 0) is 33.1 Å². The molecule has 106 valence electrons. The van der Waals surface area contributed by atoms with E-state index in [1.165, 1.54) is 0 Å². The highest BCUT2D eigenvalue weighted by Gasteiger charge is 2.46. The van der Waals surface area contributed by atoms with Gasteiger partial charge in [-0.25, -0.2) is 8.42 Å². The predicted octanol–water partition coefficient (Wildman–Crippen LogP) is 0.885. The van der Waals surface area contributed by atoms with Gasteiger partial charge in [0.25, 0.3) is 0 Å². The van der Waals surface area contributed by atoms with E-state index >= 15 is 0 Å². The Labute approximate surface area is 109 Å². The van der Waals surface area contributed by atoms with Gasteiger partial charge >= 0.3 is 5.97 Å². The van der Waals surface area contributed by atoms with Crippen molar-refractivity contribution < 1.29 is 17.9 Å².